The van der Waals surface area contributed by atoms with Crippen LogP contribution >= 0.6 is 0 Å². The molecule has 118 valence electrons. The van der Waals surface area contributed by atoms with Crippen LogP contribution in [0.3, 0.4) is 0 Å². The third-order valence-corrected chi connectivity index (χ3v) is 5.06. The average molecular weight is 300 g/mol. The van der Waals surface area contributed by atoms with Gasteiger partial charge < -0.3 is 9.64 Å². The molecule has 0 N–H and O–H groups in total. The maximum absolute atomic E-state index is 6.03. The van der Waals surface area contributed by atoms with Crippen molar-refractivity contribution in [1.29, 1.82) is 0 Å². The molecule has 22 heavy (non-hydrogen) atoms. The van der Waals surface area contributed by atoms with Gasteiger partial charge in [0.1, 0.15) is 17.6 Å². The van der Waals surface area contributed by atoms with Crippen molar-refractivity contribution in [3.8, 4) is 0 Å². The van der Waals surface area contributed by atoms with E-state index in [2.05, 4.69) is 27.6 Å². The van der Waals surface area contributed by atoms with Crippen LogP contribution in [0.5, 0.6) is 0 Å². The average Bonchev–Trinajstić information content (AvgIpc) is 3.12. The third kappa shape index (κ3) is 2.52. The van der Waals surface area contributed by atoms with E-state index in [1.165, 1.54) is 25.8 Å². The van der Waals surface area contributed by atoms with E-state index in [1.807, 2.05) is 12.3 Å². The summed E-state index contributed by atoms with van der Waals surface area (Å²) < 4.78 is 8.30. The number of hydrogen-bond acceptors (Lipinski definition) is 4. The van der Waals surface area contributed by atoms with Gasteiger partial charge in [-0.1, -0.05) is 0 Å². The van der Waals surface area contributed by atoms with Crippen LogP contribution in [-0.2, 0) is 11.2 Å². The third-order valence-electron chi connectivity index (χ3n) is 5.06. The number of aromatic nitrogens is 3. The number of nitrogens with zero attached hydrogens (tertiary/aromatic N) is 4. The standard InChI is InChI=1S/C17H24N4O/c1-20-10-5-6-13(20)12-15-19-14-7-4-9-18-17(14)21(15)16-8-2-3-11-22-16/h4,7,9,13,16H,2-3,5-6,8,10-12H2,1H3. The fourth-order valence-corrected chi connectivity index (χ4v) is 3.80. The summed E-state index contributed by atoms with van der Waals surface area (Å²) in [6, 6.07) is 4.62. The molecule has 2 aromatic heterocycles. The number of rotatable bonds is 3. The smallest absolute Gasteiger partial charge is 0.162 e. The first-order valence-corrected chi connectivity index (χ1v) is 8.46. The predicted molar refractivity (Wildman–Crippen MR) is 85.7 cm³/mol. The molecule has 4 rings (SSSR count). The zero-order chi connectivity index (χ0) is 14.9. The van der Waals surface area contributed by atoms with Gasteiger partial charge in [0.2, 0.25) is 0 Å². The number of hydrogen-bond donors (Lipinski definition) is 0. The Morgan fingerprint density at radius 3 is 3.00 bits per heavy atom. The Labute approximate surface area is 131 Å². The van der Waals surface area contributed by atoms with Crippen LogP contribution in [0.25, 0.3) is 11.2 Å². The van der Waals surface area contributed by atoms with Gasteiger partial charge in [0, 0.05) is 25.3 Å². The molecule has 2 aliphatic heterocycles. The summed E-state index contributed by atoms with van der Waals surface area (Å²) in [5, 5.41) is 0. The topological polar surface area (TPSA) is 43.2 Å². The minimum Gasteiger partial charge on any atom is -0.358 e. The predicted octanol–water partition coefficient (Wildman–Crippen LogP) is 2.77. The molecule has 0 spiro atoms. The van der Waals surface area contributed by atoms with Gasteiger partial charge in [-0.2, -0.15) is 0 Å². The summed E-state index contributed by atoms with van der Waals surface area (Å²) in [6.07, 6.45) is 8.96. The van der Waals surface area contributed by atoms with Crippen molar-refractivity contribution in [2.75, 3.05) is 20.2 Å². The lowest BCUT2D eigenvalue weighted by atomic mass is 10.1. The monoisotopic (exact) mass is 300 g/mol. The molecule has 0 radical (unpaired) electrons. The first-order valence-electron chi connectivity index (χ1n) is 8.46. The molecule has 2 saturated heterocycles. The number of imidazole rings is 1. The van der Waals surface area contributed by atoms with Gasteiger partial charge >= 0.3 is 0 Å². The van der Waals surface area contributed by atoms with Crippen LogP contribution in [0.2, 0.25) is 0 Å². The van der Waals surface area contributed by atoms with Gasteiger partial charge in [-0.25, -0.2) is 9.97 Å². The van der Waals surface area contributed by atoms with Crippen LogP contribution < -0.4 is 0 Å². The van der Waals surface area contributed by atoms with Gasteiger partial charge in [0.15, 0.2) is 5.65 Å². The molecule has 2 aliphatic rings. The zero-order valence-electron chi connectivity index (χ0n) is 13.2. The van der Waals surface area contributed by atoms with Gasteiger partial charge in [-0.3, -0.25) is 4.57 Å². The molecule has 5 heteroatoms. The lowest BCUT2D eigenvalue weighted by Gasteiger charge is -2.27. The van der Waals surface area contributed by atoms with Crippen LogP contribution in [-0.4, -0.2) is 45.7 Å². The highest BCUT2D eigenvalue weighted by Crippen LogP contribution is 2.29. The maximum atomic E-state index is 6.03. The Balaban J connectivity index is 1.72. The van der Waals surface area contributed by atoms with Crippen molar-refractivity contribution in [2.45, 2.75) is 50.8 Å². The van der Waals surface area contributed by atoms with E-state index in [0.29, 0.717) is 6.04 Å². The second-order valence-electron chi connectivity index (χ2n) is 6.55. The van der Waals surface area contributed by atoms with Gasteiger partial charge in [0.05, 0.1) is 0 Å². The van der Waals surface area contributed by atoms with Crippen LogP contribution in [0.4, 0.5) is 0 Å². The lowest BCUT2D eigenvalue weighted by Crippen LogP contribution is -2.29. The molecule has 2 atom stereocenters. The van der Waals surface area contributed by atoms with E-state index in [1.54, 1.807) is 0 Å². The number of fused-ring (bicyclic) bond motifs is 1. The van der Waals surface area contributed by atoms with E-state index in [0.717, 1.165) is 42.9 Å². The van der Waals surface area contributed by atoms with Gasteiger partial charge in [-0.15, -0.1) is 0 Å². The van der Waals surface area contributed by atoms with Crippen molar-refractivity contribution >= 4 is 11.2 Å². The fraction of sp³-hybridized carbons (Fsp3) is 0.647. The summed E-state index contributed by atoms with van der Waals surface area (Å²) in [6.45, 7) is 2.04. The number of likely N-dealkylation sites (N-methyl/N-ethyl adjacent to an activating group) is 1. The van der Waals surface area contributed by atoms with Crippen molar-refractivity contribution in [2.24, 2.45) is 0 Å². The molecule has 4 heterocycles. The van der Waals surface area contributed by atoms with Gasteiger partial charge in [-0.05, 0) is 57.8 Å². The summed E-state index contributed by atoms with van der Waals surface area (Å²) in [7, 11) is 2.22. The highest BCUT2D eigenvalue weighted by Gasteiger charge is 2.27. The molecular weight excluding hydrogens is 276 g/mol. The maximum Gasteiger partial charge on any atom is 0.162 e. The molecule has 2 fully saturated rings. The largest absolute Gasteiger partial charge is 0.358 e. The normalized spacial score (nSPS) is 26.8. The van der Waals surface area contributed by atoms with Crippen molar-refractivity contribution in [1.82, 2.24) is 19.4 Å². The van der Waals surface area contributed by atoms with E-state index in [9.17, 15) is 0 Å². The molecular formula is C17H24N4O. The fourth-order valence-electron chi connectivity index (χ4n) is 3.80. The first kappa shape index (κ1) is 14.2. The van der Waals surface area contributed by atoms with Crippen LogP contribution in [0.1, 0.15) is 44.2 Å². The van der Waals surface area contributed by atoms with Gasteiger partial charge in [0.25, 0.3) is 0 Å². The molecule has 2 unspecified atom stereocenters. The molecule has 0 bridgehead atoms. The summed E-state index contributed by atoms with van der Waals surface area (Å²) in [5.41, 5.74) is 1.97. The minimum absolute atomic E-state index is 0.107. The molecule has 0 aromatic carbocycles. The van der Waals surface area contributed by atoms with E-state index < -0.39 is 0 Å². The Morgan fingerprint density at radius 2 is 2.23 bits per heavy atom. The second-order valence-corrected chi connectivity index (χ2v) is 6.55. The van der Waals surface area contributed by atoms with E-state index in [-0.39, 0.29) is 6.23 Å². The van der Waals surface area contributed by atoms with Crippen LogP contribution in [0.15, 0.2) is 18.3 Å². The van der Waals surface area contributed by atoms with Crippen LogP contribution in [0, 0.1) is 0 Å². The number of likely N-dealkylation sites (tertiary alicyclic amines) is 1. The number of ether oxygens (including phenoxy) is 1. The van der Waals surface area contributed by atoms with Crippen molar-refractivity contribution in [3.05, 3.63) is 24.2 Å². The summed E-state index contributed by atoms with van der Waals surface area (Å²) in [5.74, 6) is 1.14. The first-order chi connectivity index (χ1) is 10.8. The molecule has 5 nitrogen and oxygen atoms in total. The molecule has 0 amide bonds. The Hall–Kier alpha value is -1.46. The second kappa shape index (κ2) is 5.97. The Morgan fingerprint density at radius 1 is 1.27 bits per heavy atom. The van der Waals surface area contributed by atoms with E-state index >= 15 is 0 Å². The highest BCUT2D eigenvalue weighted by molar-refractivity contribution is 5.71. The SMILES string of the molecule is CN1CCCC1Cc1nc2cccnc2n1C1CCCCO1. The summed E-state index contributed by atoms with van der Waals surface area (Å²) >= 11 is 0. The minimum atomic E-state index is 0.107. The quantitative estimate of drug-likeness (QED) is 0.874. The molecule has 2 aromatic rings. The number of pyridine rings is 1. The summed E-state index contributed by atoms with van der Waals surface area (Å²) in [4.78, 5) is 11.9. The highest BCUT2D eigenvalue weighted by atomic mass is 16.5. The van der Waals surface area contributed by atoms with Crippen molar-refractivity contribution < 1.29 is 4.74 Å². The molecule has 0 aliphatic carbocycles. The molecule has 0 saturated carbocycles. The lowest BCUT2D eigenvalue weighted by molar-refractivity contribution is -0.0316. The van der Waals surface area contributed by atoms with Crippen molar-refractivity contribution in [3.63, 3.8) is 0 Å². The Bertz CT molecular complexity index is 647. The zero-order valence-corrected chi connectivity index (χ0v) is 13.2. The Kier molecular flexibility index (Phi) is 3.84. The van der Waals surface area contributed by atoms with E-state index in [4.69, 9.17) is 9.72 Å².